The van der Waals surface area contributed by atoms with Crippen molar-refractivity contribution in [3.05, 3.63) is 0 Å². The summed E-state index contributed by atoms with van der Waals surface area (Å²) in [5.41, 5.74) is 5.69. The molecular formula is C13H30N2. The van der Waals surface area contributed by atoms with Gasteiger partial charge in [0.05, 0.1) is 0 Å². The smallest absolute Gasteiger partial charge is 0.0213 e. The first-order chi connectivity index (χ1) is 7.22. The summed E-state index contributed by atoms with van der Waals surface area (Å²) in [6, 6.07) is 0.501. The average Bonchev–Trinajstić information content (AvgIpc) is 2.21. The fraction of sp³-hybridized carbons (Fsp3) is 1.00. The molecular weight excluding hydrogens is 184 g/mol. The van der Waals surface area contributed by atoms with Crippen LogP contribution in [-0.2, 0) is 0 Å². The van der Waals surface area contributed by atoms with Crippen LogP contribution in [0, 0.1) is 5.92 Å². The monoisotopic (exact) mass is 214 g/mol. The van der Waals surface area contributed by atoms with Crippen LogP contribution in [0.1, 0.15) is 59.3 Å². The van der Waals surface area contributed by atoms with Crippen LogP contribution in [-0.4, -0.2) is 19.1 Å². The van der Waals surface area contributed by atoms with Crippen molar-refractivity contribution in [2.24, 2.45) is 11.7 Å². The van der Waals surface area contributed by atoms with Crippen molar-refractivity contribution in [1.82, 2.24) is 5.32 Å². The zero-order chi connectivity index (χ0) is 11.5. The molecule has 0 aliphatic carbocycles. The van der Waals surface area contributed by atoms with E-state index >= 15 is 0 Å². The van der Waals surface area contributed by atoms with Gasteiger partial charge >= 0.3 is 0 Å². The second-order valence-electron chi connectivity index (χ2n) is 4.81. The molecule has 3 N–H and O–H groups in total. The zero-order valence-electron chi connectivity index (χ0n) is 10.9. The van der Waals surface area contributed by atoms with Crippen molar-refractivity contribution in [1.29, 1.82) is 0 Å². The highest BCUT2D eigenvalue weighted by Gasteiger charge is 2.08. The molecule has 1 atom stereocenters. The molecule has 0 saturated heterocycles. The Labute approximate surface area is 96.0 Å². The van der Waals surface area contributed by atoms with Gasteiger partial charge < -0.3 is 11.1 Å². The van der Waals surface area contributed by atoms with Crippen LogP contribution in [0.15, 0.2) is 0 Å². The third-order valence-electron chi connectivity index (χ3n) is 3.00. The van der Waals surface area contributed by atoms with E-state index in [2.05, 4.69) is 26.1 Å². The van der Waals surface area contributed by atoms with Gasteiger partial charge in [-0.05, 0) is 18.9 Å². The van der Waals surface area contributed by atoms with E-state index in [1.165, 1.54) is 38.5 Å². The second kappa shape index (κ2) is 10.4. The van der Waals surface area contributed by atoms with Crippen molar-refractivity contribution in [2.75, 3.05) is 13.1 Å². The third kappa shape index (κ3) is 8.88. The minimum absolute atomic E-state index is 0.501. The highest BCUT2D eigenvalue weighted by atomic mass is 14.9. The van der Waals surface area contributed by atoms with Gasteiger partial charge in [0.25, 0.3) is 0 Å². The lowest BCUT2D eigenvalue weighted by atomic mass is 10.0. The number of rotatable bonds is 10. The normalized spacial score (nSPS) is 13.4. The van der Waals surface area contributed by atoms with Crippen LogP contribution in [0.3, 0.4) is 0 Å². The Morgan fingerprint density at radius 1 is 1.00 bits per heavy atom. The largest absolute Gasteiger partial charge is 0.329 e. The van der Waals surface area contributed by atoms with Gasteiger partial charge in [-0.15, -0.1) is 0 Å². The van der Waals surface area contributed by atoms with Crippen LogP contribution in [0.5, 0.6) is 0 Å². The topological polar surface area (TPSA) is 38.0 Å². The number of unbranched alkanes of at least 4 members (excludes halogenated alkanes) is 5. The van der Waals surface area contributed by atoms with Gasteiger partial charge in [-0.1, -0.05) is 52.9 Å². The minimum Gasteiger partial charge on any atom is -0.329 e. The SMILES string of the molecule is CCCCCCCCNC(CN)C(C)C. The molecule has 0 fully saturated rings. The maximum atomic E-state index is 5.69. The van der Waals surface area contributed by atoms with E-state index in [-0.39, 0.29) is 0 Å². The molecule has 0 amide bonds. The van der Waals surface area contributed by atoms with Gasteiger partial charge in [0.1, 0.15) is 0 Å². The number of nitrogens with two attached hydrogens (primary N) is 1. The molecule has 0 aromatic heterocycles. The summed E-state index contributed by atoms with van der Waals surface area (Å²) in [4.78, 5) is 0. The molecule has 0 aliphatic heterocycles. The van der Waals surface area contributed by atoms with E-state index < -0.39 is 0 Å². The molecule has 0 aliphatic rings. The standard InChI is InChI=1S/C13H30N2/c1-4-5-6-7-8-9-10-15-13(11-14)12(2)3/h12-13,15H,4-11,14H2,1-3H3. The highest BCUT2D eigenvalue weighted by molar-refractivity contribution is 4.70. The lowest BCUT2D eigenvalue weighted by Crippen LogP contribution is -2.40. The Morgan fingerprint density at radius 2 is 1.60 bits per heavy atom. The van der Waals surface area contributed by atoms with Gasteiger partial charge in [0.15, 0.2) is 0 Å². The van der Waals surface area contributed by atoms with Crippen molar-refractivity contribution < 1.29 is 0 Å². The molecule has 0 aromatic rings. The zero-order valence-corrected chi connectivity index (χ0v) is 10.9. The Hall–Kier alpha value is -0.0800. The molecule has 0 rings (SSSR count). The van der Waals surface area contributed by atoms with Crippen molar-refractivity contribution >= 4 is 0 Å². The molecule has 2 heteroatoms. The molecule has 0 bridgehead atoms. The van der Waals surface area contributed by atoms with E-state index in [0.29, 0.717) is 12.0 Å². The predicted molar refractivity (Wildman–Crippen MR) is 69.1 cm³/mol. The summed E-state index contributed by atoms with van der Waals surface area (Å²) in [5.74, 6) is 0.648. The molecule has 2 nitrogen and oxygen atoms in total. The Morgan fingerprint density at radius 3 is 2.13 bits per heavy atom. The molecule has 0 radical (unpaired) electrons. The second-order valence-corrected chi connectivity index (χ2v) is 4.81. The van der Waals surface area contributed by atoms with Gasteiger partial charge in [0, 0.05) is 12.6 Å². The number of hydrogen-bond donors (Lipinski definition) is 2. The average molecular weight is 214 g/mol. The Kier molecular flexibility index (Phi) is 10.4. The summed E-state index contributed by atoms with van der Waals surface area (Å²) in [5, 5.41) is 3.53. The van der Waals surface area contributed by atoms with E-state index in [0.717, 1.165) is 13.1 Å². The molecule has 0 spiro atoms. The summed E-state index contributed by atoms with van der Waals surface area (Å²) in [6.07, 6.45) is 8.19. The van der Waals surface area contributed by atoms with Crippen molar-refractivity contribution in [3.8, 4) is 0 Å². The summed E-state index contributed by atoms with van der Waals surface area (Å²) in [6.45, 7) is 8.60. The summed E-state index contributed by atoms with van der Waals surface area (Å²) < 4.78 is 0. The summed E-state index contributed by atoms with van der Waals surface area (Å²) in [7, 11) is 0. The molecule has 92 valence electrons. The van der Waals surface area contributed by atoms with Gasteiger partial charge in [0.2, 0.25) is 0 Å². The Bertz CT molecular complexity index is 124. The Balaban J connectivity index is 3.22. The van der Waals surface area contributed by atoms with Gasteiger partial charge in [-0.2, -0.15) is 0 Å². The van der Waals surface area contributed by atoms with Crippen LogP contribution in [0.25, 0.3) is 0 Å². The minimum atomic E-state index is 0.501. The van der Waals surface area contributed by atoms with Gasteiger partial charge in [-0.3, -0.25) is 0 Å². The first kappa shape index (κ1) is 14.9. The molecule has 15 heavy (non-hydrogen) atoms. The van der Waals surface area contributed by atoms with Crippen LogP contribution >= 0.6 is 0 Å². The lowest BCUT2D eigenvalue weighted by molar-refractivity contribution is 0.400. The molecule has 1 unspecified atom stereocenters. The molecule has 0 heterocycles. The van der Waals surface area contributed by atoms with E-state index in [1.807, 2.05) is 0 Å². The maximum Gasteiger partial charge on any atom is 0.0213 e. The first-order valence-corrected chi connectivity index (χ1v) is 6.65. The fourth-order valence-corrected chi connectivity index (χ4v) is 1.78. The fourth-order valence-electron chi connectivity index (χ4n) is 1.78. The van der Waals surface area contributed by atoms with Crippen molar-refractivity contribution in [2.45, 2.75) is 65.3 Å². The molecule has 0 aromatic carbocycles. The lowest BCUT2D eigenvalue weighted by Gasteiger charge is -2.20. The summed E-state index contributed by atoms with van der Waals surface area (Å²) >= 11 is 0. The van der Waals surface area contributed by atoms with Crippen molar-refractivity contribution in [3.63, 3.8) is 0 Å². The maximum absolute atomic E-state index is 5.69. The van der Waals surface area contributed by atoms with Crippen LogP contribution in [0.4, 0.5) is 0 Å². The number of nitrogens with one attached hydrogen (secondary N) is 1. The van der Waals surface area contributed by atoms with Crippen LogP contribution < -0.4 is 11.1 Å². The van der Waals surface area contributed by atoms with Crippen LogP contribution in [0.2, 0.25) is 0 Å². The quantitative estimate of drug-likeness (QED) is 0.549. The predicted octanol–water partition coefficient (Wildman–Crippen LogP) is 2.92. The first-order valence-electron chi connectivity index (χ1n) is 6.65. The van der Waals surface area contributed by atoms with E-state index in [9.17, 15) is 0 Å². The van der Waals surface area contributed by atoms with Gasteiger partial charge in [-0.25, -0.2) is 0 Å². The molecule has 0 saturated carbocycles. The van der Waals surface area contributed by atoms with E-state index in [1.54, 1.807) is 0 Å². The van der Waals surface area contributed by atoms with E-state index in [4.69, 9.17) is 5.73 Å². The third-order valence-corrected chi connectivity index (χ3v) is 3.00. The number of hydrogen-bond acceptors (Lipinski definition) is 2. The highest BCUT2D eigenvalue weighted by Crippen LogP contribution is 2.05.